The van der Waals surface area contributed by atoms with Crippen molar-refractivity contribution in [1.82, 2.24) is 5.32 Å². The van der Waals surface area contributed by atoms with E-state index in [1.165, 1.54) is 18.9 Å². The van der Waals surface area contributed by atoms with Gasteiger partial charge in [-0.1, -0.05) is 32.9 Å². The molecule has 0 bridgehead atoms. The number of halogens is 1. The summed E-state index contributed by atoms with van der Waals surface area (Å²) >= 11 is 0. The second-order valence-electron chi connectivity index (χ2n) is 6.17. The third kappa shape index (κ3) is 2.52. The fourth-order valence-corrected chi connectivity index (χ4v) is 2.86. The Morgan fingerprint density at radius 1 is 1.35 bits per heavy atom. The minimum atomic E-state index is -0.135. The van der Waals surface area contributed by atoms with E-state index in [0.29, 0.717) is 0 Å². The lowest BCUT2D eigenvalue weighted by Gasteiger charge is -2.42. The highest BCUT2D eigenvalue weighted by atomic mass is 19.1. The summed E-state index contributed by atoms with van der Waals surface area (Å²) in [6.45, 7) is 7.88. The van der Waals surface area contributed by atoms with Crippen molar-refractivity contribution in [3.63, 3.8) is 0 Å². The summed E-state index contributed by atoms with van der Waals surface area (Å²) in [6.07, 6.45) is 3.30. The van der Waals surface area contributed by atoms with Crippen LogP contribution in [-0.4, -0.2) is 12.1 Å². The smallest absolute Gasteiger partial charge is 0.123 e. The van der Waals surface area contributed by atoms with E-state index >= 15 is 0 Å². The molecule has 1 heterocycles. The molecule has 0 aromatic heterocycles. The van der Waals surface area contributed by atoms with Crippen LogP contribution in [-0.2, 0) is 6.42 Å². The number of benzene rings is 1. The summed E-state index contributed by atoms with van der Waals surface area (Å²) in [5.74, 6) is -0.135. The van der Waals surface area contributed by atoms with Crippen LogP contribution in [0.1, 0.15) is 39.2 Å². The molecule has 94 valence electrons. The largest absolute Gasteiger partial charge is 0.310 e. The molecule has 0 amide bonds. The zero-order valence-electron chi connectivity index (χ0n) is 11.0. The van der Waals surface area contributed by atoms with Crippen molar-refractivity contribution in [2.75, 3.05) is 6.54 Å². The maximum atomic E-state index is 13.2. The van der Waals surface area contributed by atoms with Crippen LogP contribution in [0.4, 0.5) is 4.39 Å². The van der Waals surface area contributed by atoms with Gasteiger partial charge >= 0.3 is 0 Å². The van der Waals surface area contributed by atoms with Crippen LogP contribution in [0, 0.1) is 11.2 Å². The molecule has 0 radical (unpaired) electrons. The Morgan fingerprint density at radius 3 is 2.65 bits per heavy atom. The molecule has 2 heteroatoms. The number of hydrogen-bond acceptors (Lipinski definition) is 1. The Bertz CT molecular complexity index is 386. The average molecular weight is 235 g/mol. The van der Waals surface area contributed by atoms with Gasteiger partial charge in [-0.3, -0.25) is 0 Å². The standard InChI is InChI=1S/C15H22FN/c1-14(2,3)15(8-5-9-17-15)11-12-6-4-7-13(16)10-12/h4,6-7,10,17H,5,8-9,11H2,1-3H3. The SMILES string of the molecule is CC(C)(C)C1(Cc2cccc(F)c2)CCCN1. The molecule has 1 aliphatic rings. The molecule has 1 nitrogen and oxygen atoms in total. The Morgan fingerprint density at radius 2 is 2.12 bits per heavy atom. The molecule has 0 saturated carbocycles. The molecule has 1 aromatic carbocycles. The molecule has 1 saturated heterocycles. The van der Waals surface area contributed by atoms with E-state index in [-0.39, 0.29) is 16.8 Å². The fourth-order valence-electron chi connectivity index (χ4n) is 2.86. The first-order chi connectivity index (χ1) is 7.93. The van der Waals surface area contributed by atoms with E-state index in [0.717, 1.165) is 18.5 Å². The van der Waals surface area contributed by atoms with Gasteiger partial charge in [-0.2, -0.15) is 0 Å². The van der Waals surface area contributed by atoms with Gasteiger partial charge in [-0.15, -0.1) is 0 Å². The van der Waals surface area contributed by atoms with Crippen molar-refractivity contribution in [2.24, 2.45) is 5.41 Å². The molecule has 0 aliphatic carbocycles. The first kappa shape index (κ1) is 12.6. The quantitative estimate of drug-likeness (QED) is 0.826. The van der Waals surface area contributed by atoms with E-state index in [2.05, 4.69) is 26.1 Å². The average Bonchev–Trinajstić information content (AvgIpc) is 2.66. The second-order valence-corrected chi connectivity index (χ2v) is 6.17. The van der Waals surface area contributed by atoms with Gasteiger partial charge in [0.15, 0.2) is 0 Å². The van der Waals surface area contributed by atoms with Gasteiger partial charge < -0.3 is 5.32 Å². The van der Waals surface area contributed by atoms with Crippen LogP contribution in [0.2, 0.25) is 0 Å². The highest BCUT2D eigenvalue weighted by Crippen LogP contribution is 2.39. The highest BCUT2D eigenvalue weighted by molar-refractivity contribution is 5.21. The maximum absolute atomic E-state index is 13.2. The van der Waals surface area contributed by atoms with Gasteiger partial charge in [0, 0.05) is 5.54 Å². The third-order valence-corrected chi connectivity index (χ3v) is 4.07. The first-order valence-electron chi connectivity index (χ1n) is 6.42. The van der Waals surface area contributed by atoms with Gasteiger partial charge in [0.1, 0.15) is 5.82 Å². The summed E-state index contributed by atoms with van der Waals surface area (Å²) in [5.41, 5.74) is 1.39. The molecule has 17 heavy (non-hydrogen) atoms. The monoisotopic (exact) mass is 235 g/mol. The van der Waals surface area contributed by atoms with Crippen LogP contribution in [0.5, 0.6) is 0 Å². The molecule has 1 fully saturated rings. The molecular formula is C15H22FN. The molecule has 1 aromatic rings. The lowest BCUT2D eigenvalue weighted by Crippen LogP contribution is -2.52. The summed E-state index contributed by atoms with van der Waals surface area (Å²) < 4.78 is 13.2. The van der Waals surface area contributed by atoms with Crippen LogP contribution >= 0.6 is 0 Å². The summed E-state index contributed by atoms with van der Waals surface area (Å²) in [7, 11) is 0. The fraction of sp³-hybridized carbons (Fsp3) is 0.600. The Hall–Kier alpha value is -0.890. The van der Waals surface area contributed by atoms with E-state index in [9.17, 15) is 4.39 Å². The van der Waals surface area contributed by atoms with Crippen molar-refractivity contribution in [3.05, 3.63) is 35.6 Å². The molecule has 0 spiro atoms. The Kier molecular flexibility index (Phi) is 3.26. The predicted molar refractivity (Wildman–Crippen MR) is 69.5 cm³/mol. The van der Waals surface area contributed by atoms with Crippen molar-refractivity contribution < 1.29 is 4.39 Å². The highest BCUT2D eigenvalue weighted by Gasteiger charge is 2.43. The number of nitrogens with one attached hydrogen (secondary N) is 1. The first-order valence-corrected chi connectivity index (χ1v) is 6.42. The van der Waals surface area contributed by atoms with Crippen LogP contribution in [0.15, 0.2) is 24.3 Å². The van der Waals surface area contributed by atoms with E-state index < -0.39 is 0 Å². The van der Waals surface area contributed by atoms with Crippen LogP contribution in [0.3, 0.4) is 0 Å². The molecule has 1 N–H and O–H groups in total. The van der Waals surface area contributed by atoms with Crippen LogP contribution < -0.4 is 5.32 Å². The lowest BCUT2D eigenvalue weighted by molar-refractivity contribution is 0.159. The van der Waals surface area contributed by atoms with Gasteiger partial charge in [-0.05, 0) is 48.9 Å². The van der Waals surface area contributed by atoms with Crippen LogP contribution in [0.25, 0.3) is 0 Å². The Balaban J connectivity index is 2.25. The van der Waals surface area contributed by atoms with Crippen molar-refractivity contribution >= 4 is 0 Å². The van der Waals surface area contributed by atoms with E-state index in [1.807, 2.05) is 6.07 Å². The van der Waals surface area contributed by atoms with Gasteiger partial charge in [0.05, 0.1) is 0 Å². The minimum Gasteiger partial charge on any atom is -0.310 e. The maximum Gasteiger partial charge on any atom is 0.123 e. The second kappa shape index (κ2) is 4.41. The normalized spacial score (nSPS) is 25.2. The predicted octanol–water partition coefficient (Wildman–Crippen LogP) is 3.54. The molecular weight excluding hydrogens is 213 g/mol. The zero-order valence-corrected chi connectivity index (χ0v) is 11.0. The molecule has 1 unspecified atom stereocenters. The van der Waals surface area contributed by atoms with Crippen molar-refractivity contribution in [3.8, 4) is 0 Å². The summed E-state index contributed by atoms with van der Waals surface area (Å²) in [6, 6.07) is 7.00. The van der Waals surface area contributed by atoms with Gasteiger partial charge in [0.2, 0.25) is 0 Å². The third-order valence-electron chi connectivity index (χ3n) is 4.07. The summed E-state index contributed by atoms with van der Waals surface area (Å²) in [5, 5.41) is 3.66. The molecule has 1 aliphatic heterocycles. The van der Waals surface area contributed by atoms with Crippen molar-refractivity contribution in [2.45, 2.75) is 45.6 Å². The summed E-state index contributed by atoms with van der Waals surface area (Å²) in [4.78, 5) is 0. The van der Waals surface area contributed by atoms with Crippen molar-refractivity contribution in [1.29, 1.82) is 0 Å². The minimum absolute atomic E-state index is 0.112. The molecule has 1 atom stereocenters. The van der Waals surface area contributed by atoms with Gasteiger partial charge in [-0.25, -0.2) is 4.39 Å². The molecule has 2 rings (SSSR count). The number of rotatable bonds is 2. The van der Waals surface area contributed by atoms with Gasteiger partial charge in [0.25, 0.3) is 0 Å². The Labute approximate surface area is 103 Å². The lowest BCUT2D eigenvalue weighted by atomic mass is 9.69. The van der Waals surface area contributed by atoms with E-state index in [4.69, 9.17) is 0 Å². The zero-order chi connectivity index (χ0) is 12.5. The van der Waals surface area contributed by atoms with E-state index in [1.54, 1.807) is 12.1 Å². The number of hydrogen-bond donors (Lipinski definition) is 1. The topological polar surface area (TPSA) is 12.0 Å².